The highest BCUT2D eigenvalue weighted by molar-refractivity contribution is 7.89. The summed E-state index contributed by atoms with van der Waals surface area (Å²) in [5.41, 5.74) is 0.0447. The number of nitrogens with zero attached hydrogens (tertiary/aromatic N) is 1. The number of amides is 1. The van der Waals surface area contributed by atoms with Crippen molar-refractivity contribution in [1.82, 2.24) is 4.31 Å². The van der Waals surface area contributed by atoms with E-state index in [1.807, 2.05) is 6.92 Å². The number of hydrogen-bond acceptors (Lipinski definition) is 5. The van der Waals surface area contributed by atoms with E-state index in [0.717, 1.165) is 6.42 Å². The second-order valence-electron chi connectivity index (χ2n) is 4.87. The van der Waals surface area contributed by atoms with E-state index in [1.54, 1.807) is 13.8 Å². The first-order valence-corrected chi connectivity index (χ1v) is 9.01. The van der Waals surface area contributed by atoms with Gasteiger partial charge in [0.25, 0.3) is 0 Å². The van der Waals surface area contributed by atoms with Gasteiger partial charge in [0, 0.05) is 19.7 Å². The number of phenolic OH excluding ortho intramolecular Hbond substituents is 1. The molecule has 1 rings (SSSR count). The molecule has 0 fully saturated rings. The molecule has 2 N–H and O–H groups in total. The predicted octanol–water partition coefficient (Wildman–Crippen LogP) is 1.79. The molecule has 0 bridgehead atoms. The molecule has 1 aromatic carbocycles. The van der Waals surface area contributed by atoms with Gasteiger partial charge in [-0.1, -0.05) is 20.8 Å². The van der Waals surface area contributed by atoms with Crippen molar-refractivity contribution >= 4 is 21.6 Å². The molecule has 0 atom stereocenters. The zero-order valence-corrected chi connectivity index (χ0v) is 14.5. The van der Waals surface area contributed by atoms with Crippen LogP contribution >= 0.6 is 0 Å². The fourth-order valence-corrected chi connectivity index (χ4v) is 3.47. The number of rotatable bonds is 9. The van der Waals surface area contributed by atoms with E-state index in [9.17, 15) is 18.3 Å². The van der Waals surface area contributed by atoms with Gasteiger partial charge in [0.15, 0.2) is 0 Å². The van der Waals surface area contributed by atoms with Crippen LogP contribution in [0.1, 0.15) is 27.2 Å². The van der Waals surface area contributed by atoms with Crippen molar-refractivity contribution in [1.29, 1.82) is 0 Å². The van der Waals surface area contributed by atoms with E-state index in [-0.39, 0.29) is 22.9 Å². The number of nitrogens with one attached hydrogen (secondary N) is 1. The van der Waals surface area contributed by atoms with Gasteiger partial charge in [-0.25, -0.2) is 8.42 Å². The van der Waals surface area contributed by atoms with Crippen molar-refractivity contribution in [3.63, 3.8) is 0 Å². The van der Waals surface area contributed by atoms with Crippen LogP contribution in [0.2, 0.25) is 0 Å². The lowest BCUT2D eigenvalue weighted by molar-refractivity contribution is -0.120. The minimum atomic E-state index is -3.66. The van der Waals surface area contributed by atoms with Crippen molar-refractivity contribution < 1.29 is 23.1 Å². The van der Waals surface area contributed by atoms with Crippen molar-refractivity contribution in [3.8, 4) is 5.75 Å². The first-order chi connectivity index (χ1) is 10.9. The number of anilines is 1. The van der Waals surface area contributed by atoms with Crippen LogP contribution in [0, 0.1) is 0 Å². The molecular formula is C15H24N2O5S. The number of aromatic hydroxyl groups is 1. The van der Waals surface area contributed by atoms with Crippen LogP contribution in [0.4, 0.5) is 5.69 Å². The Morgan fingerprint density at radius 2 is 1.91 bits per heavy atom. The molecule has 0 aromatic heterocycles. The third-order valence-corrected chi connectivity index (χ3v) is 5.21. The van der Waals surface area contributed by atoms with Crippen LogP contribution in [0.25, 0.3) is 0 Å². The third-order valence-electron chi connectivity index (χ3n) is 3.17. The Morgan fingerprint density at radius 1 is 1.26 bits per heavy atom. The average molecular weight is 344 g/mol. The summed E-state index contributed by atoms with van der Waals surface area (Å²) in [4.78, 5) is 11.8. The molecule has 23 heavy (non-hydrogen) atoms. The number of carbonyl (C=O) groups is 1. The molecule has 7 nitrogen and oxygen atoms in total. The maximum Gasteiger partial charge on any atom is 0.250 e. The highest BCUT2D eigenvalue weighted by Crippen LogP contribution is 2.27. The van der Waals surface area contributed by atoms with Crippen molar-refractivity contribution in [3.05, 3.63) is 18.2 Å². The highest BCUT2D eigenvalue weighted by atomic mass is 32.2. The van der Waals surface area contributed by atoms with Crippen LogP contribution in [-0.4, -0.2) is 50.0 Å². The summed E-state index contributed by atoms with van der Waals surface area (Å²) in [5.74, 6) is -0.654. The minimum absolute atomic E-state index is 0.0174. The summed E-state index contributed by atoms with van der Waals surface area (Å²) < 4.78 is 31.3. The summed E-state index contributed by atoms with van der Waals surface area (Å²) >= 11 is 0. The van der Waals surface area contributed by atoms with E-state index in [0.29, 0.717) is 19.7 Å². The lowest BCUT2D eigenvalue weighted by atomic mass is 10.3. The molecule has 0 aliphatic carbocycles. The molecule has 0 heterocycles. The normalized spacial score (nSPS) is 11.7. The lowest BCUT2D eigenvalue weighted by Crippen LogP contribution is -2.30. The molecule has 8 heteroatoms. The van der Waals surface area contributed by atoms with Crippen LogP contribution in [0.3, 0.4) is 0 Å². The summed E-state index contributed by atoms with van der Waals surface area (Å²) in [7, 11) is -3.66. The van der Waals surface area contributed by atoms with Crippen LogP contribution in [0.5, 0.6) is 5.75 Å². The Bertz CT molecular complexity index is 627. The van der Waals surface area contributed by atoms with Crippen LogP contribution in [-0.2, 0) is 19.6 Å². The number of sulfonamides is 1. The van der Waals surface area contributed by atoms with Gasteiger partial charge in [-0.15, -0.1) is 0 Å². The second-order valence-corrected chi connectivity index (χ2v) is 6.81. The number of phenols is 1. The van der Waals surface area contributed by atoms with Crippen molar-refractivity contribution in [2.24, 2.45) is 0 Å². The number of ether oxygens (including phenoxy) is 1. The largest absolute Gasteiger partial charge is 0.506 e. The molecule has 1 aromatic rings. The topological polar surface area (TPSA) is 95.9 Å². The average Bonchev–Trinajstić information content (AvgIpc) is 2.50. The SMILES string of the molecule is CCCOCC(=O)Nc1cc(S(=O)(=O)N(CC)CC)ccc1O. The van der Waals surface area contributed by atoms with Gasteiger partial charge < -0.3 is 15.2 Å². The monoisotopic (exact) mass is 344 g/mol. The van der Waals surface area contributed by atoms with E-state index in [4.69, 9.17) is 4.74 Å². The Kier molecular flexibility index (Phi) is 7.47. The van der Waals surface area contributed by atoms with Crippen LogP contribution in [0.15, 0.2) is 23.1 Å². The van der Waals surface area contributed by atoms with Gasteiger partial charge in [-0.2, -0.15) is 4.31 Å². The summed E-state index contributed by atoms with van der Waals surface area (Å²) in [6.07, 6.45) is 0.788. The fraction of sp³-hybridized carbons (Fsp3) is 0.533. The summed E-state index contributed by atoms with van der Waals surface area (Å²) in [5, 5.41) is 12.3. The fourth-order valence-electron chi connectivity index (χ4n) is 1.98. The molecule has 0 saturated heterocycles. The van der Waals surface area contributed by atoms with Gasteiger partial charge in [0.05, 0.1) is 10.6 Å². The lowest BCUT2D eigenvalue weighted by Gasteiger charge is -2.19. The van der Waals surface area contributed by atoms with Crippen molar-refractivity contribution in [2.75, 3.05) is 31.6 Å². The smallest absolute Gasteiger partial charge is 0.250 e. The first kappa shape index (κ1) is 19.4. The number of hydrogen-bond donors (Lipinski definition) is 2. The van der Waals surface area contributed by atoms with E-state index in [2.05, 4.69) is 5.32 Å². The predicted molar refractivity (Wildman–Crippen MR) is 88.0 cm³/mol. The first-order valence-electron chi connectivity index (χ1n) is 7.57. The summed E-state index contributed by atoms with van der Waals surface area (Å²) in [6.45, 7) is 6.39. The maximum atomic E-state index is 12.5. The molecule has 0 radical (unpaired) electrons. The molecule has 0 spiro atoms. The second kappa shape index (κ2) is 8.85. The standard InChI is InChI=1S/C15H24N2O5S/c1-4-9-22-11-15(19)16-13-10-12(7-8-14(13)18)23(20,21)17(5-2)6-3/h7-8,10,18H,4-6,9,11H2,1-3H3,(H,16,19). The molecule has 0 aliphatic rings. The number of benzene rings is 1. The molecule has 0 unspecified atom stereocenters. The van der Waals surface area contributed by atoms with Gasteiger partial charge in [-0.3, -0.25) is 4.79 Å². The number of carbonyl (C=O) groups excluding carboxylic acids is 1. The third kappa shape index (κ3) is 5.19. The Morgan fingerprint density at radius 3 is 2.48 bits per heavy atom. The maximum absolute atomic E-state index is 12.5. The molecule has 0 aliphatic heterocycles. The zero-order valence-electron chi connectivity index (χ0n) is 13.7. The minimum Gasteiger partial charge on any atom is -0.506 e. The van der Waals surface area contributed by atoms with E-state index in [1.165, 1.54) is 22.5 Å². The van der Waals surface area contributed by atoms with E-state index >= 15 is 0 Å². The highest BCUT2D eigenvalue weighted by Gasteiger charge is 2.23. The van der Waals surface area contributed by atoms with Crippen LogP contribution < -0.4 is 5.32 Å². The molecular weight excluding hydrogens is 320 g/mol. The Balaban J connectivity index is 2.97. The van der Waals surface area contributed by atoms with Gasteiger partial charge in [-0.05, 0) is 24.6 Å². The zero-order chi connectivity index (χ0) is 17.5. The van der Waals surface area contributed by atoms with Gasteiger partial charge in [0.2, 0.25) is 15.9 Å². The van der Waals surface area contributed by atoms with E-state index < -0.39 is 15.9 Å². The summed E-state index contributed by atoms with van der Waals surface area (Å²) in [6, 6.07) is 3.81. The Hall–Kier alpha value is -1.64. The van der Waals surface area contributed by atoms with Gasteiger partial charge >= 0.3 is 0 Å². The van der Waals surface area contributed by atoms with Gasteiger partial charge in [0.1, 0.15) is 12.4 Å². The Labute approximate surface area is 137 Å². The molecule has 1 amide bonds. The molecule has 0 saturated carbocycles. The van der Waals surface area contributed by atoms with Crippen molar-refractivity contribution in [2.45, 2.75) is 32.1 Å². The quantitative estimate of drug-likeness (QED) is 0.526. The molecule has 130 valence electrons.